The summed E-state index contributed by atoms with van der Waals surface area (Å²) >= 11 is 0. The van der Waals surface area contributed by atoms with E-state index in [1.54, 1.807) is 0 Å². The summed E-state index contributed by atoms with van der Waals surface area (Å²) in [6.07, 6.45) is 0. The highest BCUT2D eigenvalue weighted by Gasteiger charge is 2.66. The van der Waals surface area contributed by atoms with E-state index < -0.39 is 0 Å². The third-order valence-electron chi connectivity index (χ3n) is 5.13. The Bertz CT molecular complexity index is 342. The van der Waals surface area contributed by atoms with E-state index in [4.69, 9.17) is 9.47 Å². The number of rotatable bonds is 2. The Labute approximate surface area is 99.0 Å². The van der Waals surface area contributed by atoms with Gasteiger partial charge in [-0.2, -0.15) is 0 Å². The lowest BCUT2D eigenvalue weighted by molar-refractivity contribution is 0.291. The average Bonchev–Trinajstić information content (AvgIpc) is 2.83. The predicted molar refractivity (Wildman–Crippen MR) is 65.5 cm³/mol. The fourth-order valence-electron chi connectivity index (χ4n) is 2.74. The van der Waals surface area contributed by atoms with Gasteiger partial charge in [0.1, 0.15) is 11.2 Å². The molecule has 0 aliphatic carbocycles. The maximum absolute atomic E-state index is 5.85. The largest absolute Gasteiger partial charge is 0.359 e. The standard InChI is InChI=1S/C14H24O2/c1-9(13(7)11(3,4)15-13)10(2)14(8)12(5,6)16-14/h1-8H3. The van der Waals surface area contributed by atoms with Gasteiger partial charge in [-0.3, -0.25) is 0 Å². The van der Waals surface area contributed by atoms with Gasteiger partial charge in [-0.05, 0) is 66.5 Å². The Morgan fingerprint density at radius 1 is 0.625 bits per heavy atom. The maximum Gasteiger partial charge on any atom is 0.116 e. The van der Waals surface area contributed by atoms with Gasteiger partial charge < -0.3 is 9.47 Å². The molecular formula is C14H24O2. The van der Waals surface area contributed by atoms with Gasteiger partial charge in [0.25, 0.3) is 0 Å². The van der Waals surface area contributed by atoms with Crippen molar-refractivity contribution in [3.63, 3.8) is 0 Å². The highest BCUT2D eigenvalue weighted by molar-refractivity contribution is 5.40. The van der Waals surface area contributed by atoms with Crippen molar-refractivity contribution in [3.05, 3.63) is 11.1 Å². The number of epoxide rings is 2. The predicted octanol–water partition coefficient (Wildman–Crippen LogP) is 3.46. The van der Waals surface area contributed by atoms with Gasteiger partial charge in [0.2, 0.25) is 0 Å². The van der Waals surface area contributed by atoms with Gasteiger partial charge in [0.05, 0.1) is 11.2 Å². The van der Waals surface area contributed by atoms with Crippen LogP contribution >= 0.6 is 0 Å². The summed E-state index contributed by atoms with van der Waals surface area (Å²) < 4.78 is 11.7. The fourth-order valence-corrected chi connectivity index (χ4v) is 2.74. The van der Waals surface area contributed by atoms with Crippen LogP contribution in [0.15, 0.2) is 11.1 Å². The molecule has 0 saturated carbocycles. The summed E-state index contributed by atoms with van der Waals surface area (Å²) in [5.74, 6) is 0. The zero-order valence-electron chi connectivity index (χ0n) is 11.8. The van der Waals surface area contributed by atoms with E-state index in [0.717, 1.165) is 0 Å². The molecule has 2 aliphatic rings. The molecule has 0 radical (unpaired) electrons. The Hall–Kier alpha value is -0.340. The molecule has 2 unspecified atom stereocenters. The quantitative estimate of drug-likeness (QED) is 0.530. The van der Waals surface area contributed by atoms with Crippen molar-refractivity contribution in [1.29, 1.82) is 0 Å². The van der Waals surface area contributed by atoms with Gasteiger partial charge in [0, 0.05) is 0 Å². The Balaban J connectivity index is 2.32. The fraction of sp³-hybridized carbons (Fsp3) is 0.857. The van der Waals surface area contributed by atoms with Crippen molar-refractivity contribution in [3.8, 4) is 0 Å². The van der Waals surface area contributed by atoms with Crippen molar-refractivity contribution in [2.24, 2.45) is 0 Å². The number of ether oxygens (including phenoxy) is 2. The van der Waals surface area contributed by atoms with Gasteiger partial charge in [-0.25, -0.2) is 0 Å². The molecule has 0 amide bonds. The Morgan fingerprint density at radius 3 is 0.938 bits per heavy atom. The highest BCUT2D eigenvalue weighted by atomic mass is 16.6. The van der Waals surface area contributed by atoms with E-state index in [0.29, 0.717) is 0 Å². The van der Waals surface area contributed by atoms with Crippen LogP contribution < -0.4 is 0 Å². The molecular weight excluding hydrogens is 200 g/mol. The minimum atomic E-state index is -0.109. The van der Waals surface area contributed by atoms with Crippen LogP contribution in [0.2, 0.25) is 0 Å². The van der Waals surface area contributed by atoms with Crippen LogP contribution in [-0.2, 0) is 9.47 Å². The van der Waals surface area contributed by atoms with Crippen molar-refractivity contribution in [2.75, 3.05) is 0 Å². The summed E-state index contributed by atoms with van der Waals surface area (Å²) in [6, 6.07) is 0. The SMILES string of the molecule is CC(=C(C)C1(C)OC1(C)C)C1(C)OC1(C)C. The summed E-state index contributed by atoms with van der Waals surface area (Å²) in [5.41, 5.74) is 2.36. The summed E-state index contributed by atoms with van der Waals surface area (Å²) in [7, 11) is 0. The Kier molecular flexibility index (Phi) is 2.07. The third-order valence-corrected chi connectivity index (χ3v) is 5.13. The molecule has 2 rings (SSSR count). The summed E-state index contributed by atoms with van der Waals surface area (Å²) in [4.78, 5) is 0. The highest BCUT2D eigenvalue weighted by Crippen LogP contribution is 2.58. The summed E-state index contributed by atoms with van der Waals surface area (Å²) in [5, 5.41) is 0. The van der Waals surface area contributed by atoms with Crippen LogP contribution in [0.3, 0.4) is 0 Å². The van der Waals surface area contributed by atoms with Crippen LogP contribution in [0.4, 0.5) is 0 Å². The van der Waals surface area contributed by atoms with E-state index in [1.165, 1.54) is 11.1 Å². The van der Waals surface area contributed by atoms with Gasteiger partial charge in [-0.15, -0.1) is 0 Å². The topological polar surface area (TPSA) is 25.1 Å². The first kappa shape index (κ1) is 12.1. The van der Waals surface area contributed by atoms with E-state index in [1.807, 2.05) is 0 Å². The minimum absolute atomic E-state index is 0.0340. The first-order valence-corrected chi connectivity index (χ1v) is 6.07. The first-order valence-electron chi connectivity index (χ1n) is 6.07. The number of hydrogen-bond acceptors (Lipinski definition) is 2. The van der Waals surface area contributed by atoms with E-state index in [2.05, 4.69) is 55.4 Å². The van der Waals surface area contributed by atoms with E-state index in [9.17, 15) is 0 Å². The molecule has 2 heterocycles. The van der Waals surface area contributed by atoms with Crippen LogP contribution in [0.25, 0.3) is 0 Å². The second kappa shape index (κ2) is 2.73. The lowest BCUT2D eigenvalue weighted by Gasteiger charge is -2.18. The smallest absolute Gasteiger partial charge is 0.116 e. The van der Waals surface area contributed by atoms with Crippen LogP contribution in [-0.4, -0.2) is 22.4 Å². The lowest BCUT2D eigenvalue weighted by atomic mass is 9.81. The van der Waals surface area contributed by atoms with Crippen LogP contribution in [0.5, 0.6) is 0 Å². The molecule has 2 atom stereocenters. The van der Waals surface area contributed by atoms with Gasteiger partial charge >= 0.3 is 0 Å². The molecule has 0 N–H and O–H groups in total. The minimum Gasteiger partial charge on any atom is -0.359 e. The molecule has 0 aromatic heterocycles. The first-order chi connectivity index (χ1) is 6.98. The Morgan fingerprint density at radius 2 is 0.812 bits per heavy atom. The molecule has 0 aromatic rings. The van der Waals surface area contributed by atoms with Crippen LogP contribution in [0.1, 0.15) is 55.4 Å². The maximum atomic E-state index is 5.85. The molecule has 92 valence electrons. The van der Waals surface area contributed by atoms with Crippen molar-refractivity contribution < 1.29 is 9.47 Å². The molecule has 16 heavy (non-hydrogen) atoms. The second-order valence-electron chi connectivity index (χ2n) is 6.54. The molecule has 0 aromatic carbocycles. The van der Waals surface area contributed by atoms with Gasteiger partial charge in [-0.1, -0.05) is 0 Å². The normalized spacial score (nSPS) is 45.0. The molecule has 2 heteroatoms. The molecule has 0 spiro atoms. The van der Waals surface area contributed by atoms with Gasteiger partial charge in [0.15, 0.2) is 0 Å². The van der Waals surface area contributed by atoms with Crippen molar-refractivity contribution >= 4 is 0 Å². The summed E-state index contributed by atoms with van der Waals surface area (Å²) in [6.45, 7) is 17.3. The third kappa shape index (κ3) is 1.26. The molecule has 2 aliphatic heterocycles. The van der Waals surface area contributed by atoms with E-state index >= 15 is 0 Å². The molecule has 2 fully saturated rings. The molecule has 2 saturated heterocycles. The molecule has 0 bridgehead atoms. The zero-order chi connectivity index (χ0) is 12.6. The van der Waals surface area contributed by atoms with Crippen molar-refractivity contribution in [1.82, 2.24) is 0 Å². The monoisotopic (exact) mass is 224 g/mol. The molecule has 2 nitrogen and oxygen atoms in total. The second-order valence-corrected chi connectivity index (χ2v) is 6.54. The lowest BCUT2D eigenvalue weighted by Crippen LogP contribution is -2.25. The van der Waals surface area contributed by atoms with Crippen LogP contribution in [0, 0.1) is 0 Å². The van der Waals surface area contributed by atoms with E-state index in [-0.39, 0.29) is 22.4 Å². The zero-order valence-corrected chi connectivity index (χ0v) is 11.8. The van der Waals surface area contributed by atoms with Crippen molar-refractivity contribution in [2.45, 2.75) is 77.8 Å². The average molecular weight is 224 g/mol. The number of hydrogen-bond donors (Lipinski definition) is 0.